The third kappa shape index (κ3) is 9.81. The third-order valence-electron chi connectivity index (χ3n) is 10.1. The van der Waals surface area contributed by atoms with Gasteiger partial charge in [0.2, 0.25) is 0 Å². The van der Waals surface area contributed by atoms with E-state index in [9.17, 15) is 0 Å². The summed E-state index contributed by atoms with van der Waals surface area (Å²) in [5.74, 6) is 2.63. The van der Waals surface area contributed by atoms with Crippen molar-refractivity contribution < 1.29 is 14.2 Å². The Morgan fingerprint density at radius 1 is 0.469 bits per heavy atom. The fraction of sp³-hybridized carbons (Fsp3) is 0.435. The molecule has 0 fully saturated rings. The maximum Gasteiger partial charge on any atom is 0.128 e. The quantitative estimate of drug-likeness (QED) is 0.0879. The average molecular weight is 657 g/mol. The van der Waals surface area contributed by atoms with Gasteiger partial charge in [-0.15, -0.1) is 0 Å². The first-order valence-electron chi connectivity index (χ1n) is 19.4. The molecule has 49 heavy (non-hydrogen) atoms. The zero-order valence-electron chi connectivity index (χ0n) is 29.8. The normalized spacial score (nSPS) is 12.5. The van der Waals surface area contributed by atoms with E-state index >= 15 is 0 Å². The molecule has 0 unspecified atom stereocenters. The highest BCUT2D eigenvalue weighted by Crippen LogP contribution is 2.46. The molecule has 0 N–H and O–H groups in total. The fourth-order valence-electron chi connectivity index (χ4n) is 7.40. The second-order valence-electron chi connectivity index (χ2n) is 14.0. The summed E-state index contributed by atoms with van der Waals surface area (Å²) in [4.78, 5) is 0. The lowest BCUT2D eigenvalue weighted by molar-refractivity contribution is 0.291. The van der Waals surface area contributed by atoms with Crippen LogP contribution in [0.25, 0.3) is 32.7 Å². The monoisotopic (exact) mass is 656 g/mol. The summed E-state index contributed by atoms with van der Waals surface area (Å²) in [6.07, 6.45) is 22.0. The van der Waals surface area contributed by atoms with Crippen LogP contribution in [0.2, 0.25) is 0 Å². The van der Waals surface area contributed by atoms with Crippen LogP contribution in [0, 0.1) is 0 Å². The summed E-state index contributed by atoms with van der Waals surface area (Å²) in [5, 5.41) is 4.69. The molecule has 1 aliphatic heterocycles. The molecule has 0 aliphatic carbocycles. The Morgan fingerprint density at radius 2 is 0.898 bits per heavy atom. The van der Waals surface area contributed by atoms with Crippen molar-refractivity contribution in [2.45, 2.75) is 123 Å². The molecule has 0 amide bonds. The molecular formula is C46H56O3. The van der Waals surface area contributed by atoms with Gasteiger partial charge in [-0.3, -0.25) is 0 Å². The van der Waals surface area contributed by atoms with Crippen LogP contribution < -0.4 is 14.2 Å². The Kier molecular flexibility index (Phi) is 13.3. The van der Waals surface area contributed by atoms with E-state index in [1.54, 1.807) is 0 Å². The second kappa shape index (κ2) is 18.7. The van der Waals surface area contributed by atoms with Gasteiger partial charge in [0.1, 0.15) is 30.5 Å². The largest absolute Gasteiger partial charge is 0.494 e. The van der Waals surface area contributed by atoms with Crippen molar-refractivity contribution in [1.29, 1.82) is 0 Å². The van der Waals surface area contributed by atoms with Gasteiger partial charge in [-0.05, 0) is 69.4 Å². The lowest BCUT2D eigenvalue weighted by Gasteiger charge is -2.19. The van der Waals surface area contributed by atoms with E-state index in [1.165, 1.54) is 107 Å². The summed E-state index contributed by atoms with van der Waals surface area (Å²) in [5.41, 5.74) is 4.36. The molecule has 0 atom stereocenters. The van der Waals surface area contributed by atoms with Gasteiger partial charge in [0.25, 0.3) is 0 Å². The van der Waals surface area contributed by atoms with Crippen LogP contribution in [0.3, 0.4) is 0 Å². The lowest BCUT2D eigenvalue weighted by Crippen LogP contribution is -2.03. The van der Waals surface area contributed by atoms with Crippen LogP contribution in [0.4, 0.5) is 0 Å². The van der Waals surface area contributed by atoms with Crippen molar-refractivity contribution >= 4 is 21.5 Å². The van der Waals surface area contributed by atoms with Gasteiger partial charge in [-0.2, -0.15) is 0 Å². The van der Waals surface area contributed by atoms with Crippen molar-refractivity contribution in [3.63, 3.8) is 0 Å². The van der Waals surface area contributed by atoms with E-state index in [1.807, 2.05) is 0 Å². The number of rotatable bonds is 18. The molecule has 0 saturated carbocycles. The Morgan fingerprint density at radius 3 is 1.37 bits per heavy atom. The van der Waals surface area contributed by atoms with Gasteiger partial charge in [0, 0.05) is 11.1 Å². The van der Waals surface area contributed by atoms with Crippen LogP contribution in [0.1, 0.15) is 121 Å². The molecule has 6 rings (SSSR count). The van der Waals surface area contributed by atoms with E-state index in [2.05, 4.69) is 97.9 Å². The van der Waals surface area contributed by atoms with Crippen LogP contribution in [-0.2, 0) is 13.2 Å². The molecule has 0 radical (unpaired) electrons. The Labute approximate surface area is 295 Å². The van der Waals surface area contributed by atoms with Crippen LogP contribution in [-0.4, -0.2) is 6.61 Å². The third-order valence-corrected chi connectivity index (χ3v) is 10.1. The molecule has 3 heteroatoms. The smallest absolute Gasteiger partial charge is 0.128 e. The zero-order chi connectivity index (χ0) is 33.5. The van der Waals surface area contributed by atoms with Gasteiger partial charge in [0.05, 0.1) is 6.61 Å². The molecule has 5 aromatic rings. The minimum Gasteiger partial charge on any atom is -0.494 e. The van der Waals surface area contributed by atoms with Crippen molar-refractivity contribution in [2.75, 3.05) is 6.61 Å². The second-order valence-corrected chi connectivity index (χ2v) is 14.0. The van der Waals surface area contributed by atoms with E-state index < -0.39 is 0 Å². The number of unbranched alkanes of at least 4 members (excludes halogenated alkanes) is 15. The first-order valence-corrected chi connectivity index (χ1v) is 19.4. The molecule has 0 aromatic heterocycles. The highest BCUT2D eigenvalue weighted by atomic mass is 16.5. The maximum absolute atomic E-state index is 6.65. The van der Waals surface area contributed by atoms with Gasteiger partial charge in [-0.1, -0.05) is 164 Å². The first-order chi connectivity index (χ1) is 24.3. The number of hydrogen-bond donors (Lipinski definition) is 0. The zero-order valence-corrected chi connectivity index (χ0v) is 29.8. The van der Waals surface area contributed by atoms with E-state index in [0.29, 0.717) is 13.2 Å². The predicted octanol–water partition coefficient (Wildman–Crippen LogP) is 13.8. The summed E-state index contributed by atoms with van der Waals surface area (Å²) in [6, 6.07) is 32.1. The SMILES string of the molecule is CCCCCCCCCCCCCCCCCCOc1cc2cc(c1)COc1ccc3ccccc3c1-c1c(ccc3ccccc13)OC2. The first kappa shape index (κ1) is 34.9. The number of fused-ring (bicyclic) bond motifs is 9. The summed E-state index contributed by atoms with van der Waals surface area (Å²) >= 11 is 0. The molecular weight excluding hydrogens is 601 g/mol. The van der Waals surface area contributed by atoms with Gasteiger partial charge in [-0.25, -0.2) is 0 Å². The van der Waals surface area contributed by atoms with Crippen molar-refractivity contribution in [2.24, 2.45) is 0 Å². The van der Waals surface area contributed by atoms with E-state index in [4.69, 9.17) is 14.2 Å². The van der Waals surface area contributed by atoms with Gasteiger partial charge >= 0.3 is 0 Å². The highest BCUT2D eigenvalue weighted by Gasteiger charge is 2.20. The molecule has 2 bridgehead atoms. The van der Waals surface area contributed by atoms with Crippen molar-refractivity contribution in [1.82, 2.24) is 0 Å². The van der Waals surface area contributed by atoms with Gasteiger partial charge in [0.15, 0.2) is 0 Å². The molecule has 1 heterocycles. The van der Waals surface area contributed by atoms with Crippen molar-refractivity contribution in [3.05, 3.63) is 102 Å². The molecule has 0 saturated heterocycles. The summed E-state index contributed by atoms with van der Waals surface area (Å²) in [6.45, 7) is 3.97. The van der Waals surface area contributed by atoms with Crippen LogP contribution in [0.15, 0.2) is 91.0 Å². The van der Waals surface area contributed by atoms with Crippen LogP contribution in [0.5, 0.6) is 17.2 Å². The fourth-order valence-corrected chi connectivity index (χ4v) is 7.40. The minimum absolute atomic E-state index is 0.467. The summed E-state index contributed by atoms with van der Waals surface area (Å²) in [7, 11) is 0. The Hall–Kier alpha value is -3.98. The topological polar surface area (TPSA) is 27.7 Å². The molecule has 0 spiro atoms. The highest BCUT2D eigenvalue weighted by molar-refractivity contribution is 6.09. The predicted molar refractivity (Wildman–Crippen MR) is 207 cm³/mol. The average Bonchev–Trinajstić information content (AvgIpc) is 3.15. The Balaban J connectivity index is 1.01. The van der Waals surface area contributed by atoms with Gasteiger partial charge < -0.3 is 14.2 Å². The molecule has 3 nitrogen and oxygen atoms in total. The standard InChI is InChI=1S/C46H56O3/c1-2-3-4-5-6-7-8-9-10-11-12-13-14-15-16-21-30-47-40-32-36-31-37(33-40)35-49-44-29-27-39-23-18-20-25-42(39)46(44)45-41-24-19-17-22-38(41)26-28-43(45)48-34-36/h17-20,22-29,31-33H,2-16,21,30,34-35H2,1H3. The number of hydrogen-bond acceptors (Lipinski definition) is 3. The van der Waals surface area contributed by atoms with Crippen LogP contribution >= 0.6 is 0 Å². The minimum atomic E-state index is 0.467. The van der Waals surface area contributed by atoms with E-state index in [-0.39, 0.29) is 0 Å². The Bertz CT molecular complexity index is 1650. The maximum atomic E-state index is 6.65. The molecule has 5 aromatic carbocycles. The number of ether oxygens (including phenoxy) is 3. The molecule has 258 valence electrons. The molecule has 1 aliphatic rings. The lowest BCUT2D eigenvalue weighted by atomic mass is 9.92. The van der Waals surface area contributed by atoms with Crippen molar-refractivity contribution in [3.8, 4) is 28.4 Å². The number of benzene rings is 5. The van der Waals surface area contributed by atoms with E-state index in [0.717, 1.165) is 63.3 Å². The summed E-state index contributed by atoms with van der Waals surface area (Å²) < 4.78 is 19.6.